The van der Waals surface area contributed by atoms with Crippen LogP contribution in [-0.2, 0) is 0 Å². The molecule has 22 heavy (non-hydrogen) atoms. The molecule has 128 valence electrons. The third-order valence-electron chi connectivity index (χ3n) is 5.73. The van der Waals surface area contributed by atoms with Crippen molar-refractivity contribution in [1.82, 2.24) is 0 Å². The van der Waals surface area contributed by atoms with Gasteiger partial charge < -0.3 is 0 Å². The van der Waals surface area contributed by atoms with Gasteiger partial charge in [0.2, 0.25) is 0 Å². The summed E-state index contributed by atoms with van der Waals surface area (Å²) >= 11 is 0. The predicted octanol–water partition coefficient (Wildman–Crippen LogP) is 6.83. The van der Waals surface area contributed by atoms with Crippen molar-refractivity contribution in [2.24, 2.45) is 35.5 Å². The lowest BCUT2D eigenvalue weighted by Gasteiger charge is -2.29. The van der Waals surface area contributed by atoms with Gasteiger partial charge in [-0.15, -0.1) is 0 Å². The molecular weight excluding hydrogens is 266 g/mol. The highest BCUT2D eigenvalue weighted by Crippen LogP contribution is 2.46. The lowest BCUT2D eigenvalue weighted by Crippen LogP contribution is -2.21. The van der Waals surface area contributed by atoms with Gasteiger partial charge in [0, 0.05) is 5.92 Å². The van der Waals surface area contributed by atoms with Crippen molar-refractivity contribution in [3.63, 3.8) is 0 Å². The minimum Gasteiger partial charge on any atom is -0.198 e. The average Bonchev–Trinajstić information content (AvgIpc) is 3.32. The van der Waals surface area contributed by atoms with Crippen LogP contribution in [0.5, 0.6) is 0 Å². The lowest BCUT2D eigenvalue weighted by molar-refractivity contribution is 0.219. The van der Waals surface area contributed by atoms with E-state index in [0.717, 1.165) is 36.0 Å². The fourth-order valence-corrected chi connectivity index (χ4v) is 4.18. The molecule has 5 unspecified atom stereocenters. The Morgan fingerprint density at radius 3 is 2.18 bits per heavy atom. The van der Waals surface area contributed by atoms with Gasteiger partial charge in [-0.25, -0.2) is 0 Å². The lowest BCUT2D eigenvalue weighted by atomic mass is 9.74. The Bertz CT molecular complexity index is 325. The maximum absolute atomic E-state index is 8.88. The summed E-state index contributed by atoms with van der Waals surface area (Å²) in [5.41, 5.74) is 0. The van der Waals surface area contributed by atoms with Crippen LogP contribution in [0.4, 0.5) is 0 Å². The molecule has 0 bridgehead atoms. The van der Waals surface area contributed by atoms with E-state index < -0.39 is 0 Å². The average molecular weight is 306 g/mol. The first-order valence-corrected chi connectivity index (χ1v) is 9.89. The van der Waals surface area contributed by atoms with Gasteiger partial charge in [-0.3, -0.25) is 0 Å². The molecule has 1 nitrogen and oxygen atoms in total. The van der Waals surface area contributed by atoms with E-state index in [9.17, 15) is 0 Å². The molecule has 0 N–H and O–H groups in total. The molecule has 0 aromatic heterocycles. The first-order chi connectivity index (χ1) is 10.5. The van der Waals surface area contributed by atoms with Crippen LogP contribution in [0.1, 0.15) is 92.4 Å². The van der Waals surface area contributed by atoms with Gasteiger partial charge in [-0.2, -0.15) is 5.26 Å². The topological polar surface area (TPSA) is 23.8 Å². The van der Waals surface area contributed by atoms with Crippen LogP contribution in [0.15, 0.2) is 0 Å². The van der Waals surface area contributed by atoms with Gasteiger partial charge in [0.1, 0.15) is 0 Å². The van der Waals surface area contributed by atoms with Crippen molar-refractivity contribution < 1.29 is 0 Å². The van der Waals surface area contributed by atoms with Crippen LogP contribution in [0.2, 0.25) is 0 Å². The predicted molar refractivity (Wildman–Crippen MR) is 96.5 cm³/mol. The van der Waals surface area contributed by atoms with Gasteiger partial charge in [0.25, 0.3) is 0 Å². The number of rotatable bonds is 6. The van der Waals surface area contributed by atoms with Crippen LogP contribution in [-0.4, -0.2) is 0 Å². The Morgan fingerprint density at radius 2 is 1.68 bits per heavy atom. The van der Waals surface area contributed by atoms with E-state index in [0.29, 0.717) is 5.92 Å². The van der Waals surface area contributed by atoms with E-state index in [1.807, 2.05) is 0 Å². The Hall–Kier alpha value is -0.510. The van der Waals surface area contributed by atoms with Crippen molar-refractivity contribution in [2.45, 2.75) is 92.4 Å². The Labute approximate surface area is 139 Å². The van der Waals surface area contributed by atoms with Crippen molar-refractivity contribution >= 4 is 0 Å². The number of nitrogens with zero attached hydrogens (tertiary/aromatic N) is 1. The van der Waals surface area contributed by atoms with E-state index in [1.165, 1.54) is 51.4 Å². The van der Waals surface area contributed by atoms with Gasteiger partial charge in [0.05, 0.1) is 6.07 Å². The molecule has 1 heteroatoms. The second-order valence-corrected chi connectivity index (χ2v) is 8.38. The zero-order valence-electron chi connectivity index (χ0n) is 15.8. The smallest absolute Gasteiger partial charge is 0.0655 e. The molecule has 0 heterocycles. The minimum atomic E-state index is 0.374. The summed E-state index contributed by atoms with van der Waals surface area (Å²) in [7, 11) is 0. The molecule has 0 aromatic rings. The largest absolute Gasteiger partial charge is 0.198 e. The highest BCUT2D eigenvalue weighted by Gasteiger charge is 2.36. The highest BCUT2D eigenvalue weighted by atomic mass is 14.4. The summed E-state index contributed by atoms with van der Waals surface area (Å²) in [6, 6.07) is 2.45. The molecule has 5 atom stereocenters. The molecule has 0 spiro atoms. The van der Waals surface area contributed by atoms with Gasteiger partial charge >= 0.3 is 0 Å². The maximum Gasteiger partial charge on any atom is 0.0655 e. The zero-order valence-corrected chi connectivity index (χ0v) is 15.8. The molecule has 0 aromatic carbocycles. The monoisotopic (exact) mass is 305 g/mol. The second-order valence-electron chi connectivity index (χ2n) is 8.38. The third-order valence-corrected chi connectivity index (χ3v) is 5.73. The molecular formula is C21H39N. The fourth-order valence-electron chi connectivity index (χ4n) is 4.18. The summed E-state index contributed by atoms with van der Waals surface area (Å²) in [5, 5.41) is 8.88. The summed E-state index contributed by atoms with van der Waals surface area (Å²) in [6.45, 7) is 11.6. The first-order valence-electron chi connectivity index (χ1n) is 9.89. The summed E-state index contributed by atoms with van der Waals surface area (Å²) < 4.78 is 0. The van der Waals surface area contributed by atoms with Crippen molar-refractivity contribution in [2.75, 3.05) is 0 Å². The fraction of sp³-hybridized carbons (Fsp3) is 0.952. The standard InChI is InChI=1S/C11H17N.C10H22/c1-8-4-9(7-12)6-11(5-8)10-2-3-10;1-5-7-10(4)8-9(3)6-2/h8-11H,2-6H2,1H3;9-10H,5-8H2,1-4H3. The Balaban J connectivity index is 0.000000225. The van der Waals surface area contributed by atoms with Crippen LogP contribution in [0.3, 0.4) is 0 Å². The Kier molecular flexibility index (Phi) is 9.15. The van der Waals surface area contributed by atoms with E-state index in [-0.39, 0.29) is 0 Å². The number of nitriles is 1. The maximum atomic E-state index is 8.88. The van der Waals surface area contributed by atoms with Crippen LogP contribution >= 0.6 is 0 Å². The first kappa shape index (κ1) is 19.5. The van der Waals surface area contributed by atoms with Crippen LogP contribution in [0.25, 0.3) is 0 Å². The third kappa shape index (κ3) is 7.66. The van der Waals surface area contributed by atoms with Gasteiger partial charge in [-0.05, 0) is 68.1 Å². The summed E-state index contributed by atoms with van der Waals surface area (Å²) in [5.74, 6) is 4.96. The highest BCUT2D eigenvalue weighted by molar-refractivity contribution is 4.94. The minimum absolute atomic E-state index is 0.374. The molecule has 0 saturated heterocycles. The van der Waals surface area contributed by atoms with Crippen LogP contribution in [0, 0.1) is 46.8 Å². The van der Waals surface area contributed by atoms with Crippen LogP contribution < -0.4 is 0 Å². The summed E-state index contributed by atoms with van der Waals surface area (Å²) in [6.07, 6.45) is 12.1. The molecule has 0 radical (unpaired) electrons. The number of hydrogen-bond donors (Lipinski definition) is 0. The van der Waals surface area contributed by atoms with E-state index in [1.54, 1.807) is 0 Å². The molecule has 2 fully saturated rings. The summed E-state index contributed by atoms with van der Waals surface area (Å²) in [4.78, 5) is 0. The molecule has 2 aliphatic rings. The van der Waals surface area contributed by atoms with Gasteiger partial charge in [-0.1, -0.05) is 53.9 Å². The molecule has 2 saturated carbocycles. The van der Waals surface area contributed by atoms with Gasteiger partial charge in [0.15, 0.2) is 0 Å². The molecule has 0 amide bonds. The van der Waals surface area contributed by atoms with E-state index in [4.69, 9.17) is 5.26 Å². The van der Waals surface area contributed by atoms with E-state index in [2.05, 4.69) is 40.7 Å². The quantitative estimate of drug-likeness (QED) is 0.527. The molecule has 2 rings (SSSR count). The Morgan fingerprint density at radius 1 is 1.00 bits per heavy atom. The van der Waals surface area contributed by atoms with Crippen molar-refractivity contribution in [3.8, 4) is 6.07 Å². The second kappa shape index (κ2) is 10.3. The number of hydrogen-bond acceptors (Lipinski definition) is 1. The SMILES string of the molecule is CC1CC(C#N)CC(C2CC2)C1.CCCC(C)CC(C)CC. The van der Waals surface area contributed by atoms with Crippen molar-refractivity contribution in [1.29, 1.82) is 5.26 Å². The molecule has 0 aliphatic heterocycles. The molecule has 2 aliphatic carbocycles. The van der Waals surface area contributed by atoms with Crippen molar-refractivity contribution in [3.05, 3.63) is 0 Å². The normalized spacial score (nSPS) is 30.6. The van der Waals surface area contributed by atoms with E-state index >= 15 is 0 Å². The zero-order chi connectivity index (χ0) is 16.5.